The van der Waals surface area contributed by atoms with Gasteiger partial charge in [0.25, 0.3) is 0 Å². The molecule has 2 unspecified atom stereocenters. The van der Waals surface area contributed by atoms with Crippen molar-refractivity contribution in [2.24, 2.45) is 5.92 Å². The van der Waals surface area contributed by atoms with Crippen LogP contribution in [-0.4, -0.2) is 37.1 Å². The van der Waals surface area contributed by atoms with Crippen molar-refractivity contribution in [3.8, 4) is 0 Å². The van der Waals surface area contributed by atoms with Gasteiger partial charge in [0.1, 0.15) is 0 Å². The zero-order chi connectivity index (χ0) is 16.7. The summed E-state index contributed by atoms with van der Waals surface area (Å²) in [5.74, 6) is 0.284. The van der Waals surface area contributed by atoms with Gasteiger partial charge in [-0.25, -0.2) is 8.42 Å². The Bertz CT molecular complexity index is 722. The molecule has 0 bridgehead atoms. The van der Waals surface area contributed by atoms with Gasteiger partial charge in [-0.2, -0.15) is 0 Å². The van der Waals surface area contributed by atoms with E-state index in [-0.39, 0.29) is 29.5 Å². The van der Waals surface area contributed by atoms with Gasteiger partial charge >= 0.3 is 0 Å². The average Bonchev–Trinajstić information content (AvgIpc) is 2.98. The molecule has 0 spiro atoms. The lowest BCUT2D eigenvalue weighted by molar-refractivity contribution is -0.134. The summed E-state index contributed by atoms with van der Waals surface area (Å²) < 4.78 is 23.0. The van der Waals surface area contributed by atoms with Crippen LogP contribution in [0.1, 0.15) is 38.2 Å². The maximum absolute atomic E-state index is 12.7. The Kier molecular flexibility index (Phi) is 4.08. The van der Waals surface area contributed by atoms with Gasteiger partial charge in [0, 0.05) is 35.7 Å². The summed E-state index contributed by atoms with van der Waals surface area (Å²) in [6, 6.07) is 10.3. The van der Waals surface area contributed by atoms with E-state index in [1.807, 2.05) is 23.1 Å². The molecule has 1 aromatic carbocycles. The molecule has 0 N–H and O–H groups in total. The summed E-state index contributed by atoms with van der Waals surface area (Å²) in [5, 5.41) is 1.24. The fourth-order valence-corrected chi connectivity index (χ4v) is 5.13. The minimum atomic E-state index is -3.10. The highest BCUT2D eigenvalue weighted by atomic mass is 32.2. The minimum absolute atomic E-state index is 0.0557. The van der Waals surface area contributed by atoms with Crippen LogP contribution in [0.2, 0.25) is 0 Å². The topological polar surface area (TPSA) is 54.5 Å². The number of likely N-dealkylation sites (tertiary alicyclic amines) is 1. The van der Waals surface area contributed by atoms with Crippen LogP contribution in [0.3, 0.4) is 0 Å². The van der Waals surface area contributed by atoms with Crippen LogP contribution in [-0.2, 0) is 14.6 Å². The van der Waals surface area contributed by atoms with E-state index in [1.54, 1.807) is 6.08 Å². The Morgan fingerprint density at radius 2 is 1.96 bits per heavy atom. The predicted octanol–water partition coefficient (Wildman–Crippen LogP) is 2.73. The van der Waals surface area contributed by atoms with Gasteiger partial charge < -0.3 is 4.90 Å². The van der Waals surface area contributed by atoms with Crippen molar-refractivity contribution in [2.45, 2.75) is 38.1 Å². The van der Waals surface area contributed by atoms with Crippen LogP contribution >= 0.6 is 0 Å². The molecule has 0 aromatic heterocycles. The van der Waals surface area contributed by atoms with Gasteiger partial charge in [0.2, 0.25) is 5.91 Å². The van der Waals surface area contributed by atoms with Crippen molar-refractivity contribution in [1.29, 1.82) is 0 Å². The Morgan fingerprint density at radius 1 is 1.26 bits per heavy atom. The van der Waals surface area contributed by atoms with Crippen LogP contribution in [0.5, 0.6) is 0 Å². The Hall–Kier alpha value is -1.62. The van der Waals surface area contributed by atoms with Crippen molar-refractivity contribution in [2.75, 3.05) is 12.3 Å². The van der Waals surface area contributed by atoms with Gasteiger partial charge in [-0.05, 0) is 25.8 Å². The lowest BCUT2D eigenvalue weighted by Gasteiger charge is -2.32. The molecule has 23 heavy (non-hydrogen) atoms. The van der Waals surface area contributed by atoms with E-state index in [4.69, 9.17) is 0 Å². The first-order valence-corrected chi connectivity index (χ1v) is 9.75. The van der Waals surface area contributed by atoms with Gasteiger partial charge in [0.05, 0.1) is 5.75 Å². The molecule has 1 aromatic rings. The van der Waals surface area contributed by atoms with Gasteiger partial charge in [-0.1, -0.05) is 36.4 Å². The molecular weight excluding hydrogens is 310 g/mol. The molecule has 1 fully saturated rings. The molecule has 1 saturated heterocycles. The fraction of sp³-hybridized carbons (Fsp3) is 0.500. The van der Waals surface area contributed by atoms with Crippen molar-refractivity contribution < 1.29 is 13.2 Å². The van der Waals surface area contributed by atoms with Crippen molar-refractivity contribution in [3.63, 3.8) is 0 Å². The van der Waals surface area contributed by atoms with E-state index >= 15 is 0 Å². The number of carbonyl (C=O) groups excluding carboxylic acids is 1. The maximum Gasteiger partial charge on any atom is 0.223 e. The van der Waals surface area contributed by atoms with Crippen molar-refractivity contribution in [1.82, 2.24) is 4.90 Å². The molecular formula is C18H23NO3S. The monoisotopic (exact) mass is 333 g/mol. The lowest BCUT2D eigenvalue weighted by atomic mass is 9.91. The number of nitrogens with zero attached hydrogens (tertiary/aromatic N) is 1. The first kappa shape index (κ1) is 16.2. The number of hydrogen-bond acceptors (Lipinski definition) is 3. The normalized spacial score (nSPS) is 28.2. The van der Waals surface area contributed by atoms with Crippen LogP contribution in [0.25, 0.3) is 0 Å². The summed E-state index contributed by atoms with van der Waals surface area (Å²) in [6.07, 6.45) is 2.87. The number of sulfone groups is 1. The standard InChI is InChI=1S/C18H23NO3S/c1-18(2)11-16(15-6-4-3-5-7-15)12-19(18)17(20)10-14-8-9-23(21,22)13-14/h3-9,14,16H,10-13H2,1-2H3. The molecule has 2 aliphatic heterocycles. The molecule has 2 atom stereocenters. The zero-order valence-corrected chi connectivity index (χ0v) is 14.4. The van der Waals surface area contributed by atoms with Gasteiger partial charge in [-0.3, -0.25) is 4.79 Å². The second-order valence-electron chi connectivity index (χ2n) is 7.25. The second-order valence-corrected chi connectivity index (χ2v) is 9.18. The van der Waals surface area contributed by atoms with Gasteiger partial charge in [-0.15, -0.1) is 0 Å². The predicted molar refractivity (Wildman–Crippen MR) is 90.6 cm³/mol. The highest BCUT2D eigenvalue weighted by Gasteiger charge is 2.42. The summed E-state index contributed by atoms with van der Waals surface area (Å²) in [7, 11) is -3.10. The third-order valence-corrected chi connectivity index (χ3v) is 6.36. The molecule has 3 rings (SSSR count). The number of hydrogen-bond donors (Lipinski definition) is 0. The van der Waals surface area contributed by atoms with E-state index in [2.05, 4.69) is 26.0 Å². The quantitative estimate of drug-likeness (QED) is 0.854. The van der Waals surface area contributed by atoms with Crippen LogP contribution in [0.15, 0.2) is 41.8 Å². The molecule has 4 nitrogen and oxygen atoms in total. The highest BCUT2D eigenvalue weighted by molar-refractivity contribution is 7.94. The summed E-state index contributed by atoms with van der Waals surface area (Å²) >= 11 is 0. The fourth-order valence-electron chi connectivity index (χ4n) is 3.73. The van der Waals surface area contributed by atoms with Crippen molar-refractivity contribution in [3.05, 3.63) is 47.4 Å². The molecule has 0 aliphatic carbocycles. The first-order chi connectivity index (χ1) is 10.8. The number of rotatable bonds is 3. The number of benzene rings is 1. The number of allylic oxidation sites excluding steroid dienone is 1. The van der Waals surface area contributed by atoms with E-state index in [1.165, 1.54) is 11.0 Å². The third-order valence-electron chi connectivity index (χ3n) is 4.89. The summed E-state index contributed by atoms with van der Waals surface area (Å²) in [5.41, 5.74) is 1.07. The SMILES string of the molecule is CC1(C)CC(c2ccccc2)CN1C(=O)CC1C=CS(=O)(=O)C1. The Balaban J connectivity index is 1.70. The van der Waals surface area contributed by atoms with Crippen LogP contribution < -0.4 is 0 Å². The summed E-state index contributed by atoms with van der Waals surface area (Å²) in [4.78, 5) is 14.6. The largest absolute Gasteiger partial charge is 0.337 e. The Morgan fingerprint density at radius 3 is 2.57 bits per heavy atom. The second kappa shape index (κ2) is 5.78. The average molecular weight is 333 g/mol. The Labute approximate surface area is 138 Å². The first-order valence-electron chi connectivity index (χ1n) is 8.03. The number of amides is 1. The van der Waals surface area contributed by atoms with Crippen LogP contribution in [0, 0.1) is 5.92 Å². The van der Waals surface area contributed by atoms with E-state index in [0.29, 0.717) is 12.5 Å². The molecule has 124 valence electrons. The molecule has 0 radical (unpaired) electrons. The van der Waals surface area contributed by atoms with E-state index < -0.39 is 9.84 Å². The molecule has 0 saturated carbocycles. The molecule has 2 aliphatic rings. The molecule has 1 amide bonds. The summed E-state index contributed by atoms with van der Waals surface area (Å²) in [6.45, 7) is 4.89. The smallest absolute Gasteiger partial charge is 0.223 e. The maximum atomic E-state index is 12.7. The van der Waals surface area contributed by atoms with Crippen LogP contribution in [0.4, 0.5) is 0 Å². The zero-order valence-electron chi connectivity index (χ0n) is 13.6. The lowest BCUT2D eigenvalue weighted by Crippen LogP contribution is -2.43. The van der Waals surface area contributed by atoms with Crippen molar-refractivity contribution >= 4 is 15.7 Å². The highest BCUT2D eigenvalue weighted by Crippen LogP contribution is 2.39. The van der Waals surface area contributed by atoms with E-state index in [0.717, 1.165) is 6.42 Å². The minimum Gasteiger partial charge on any atom is -0.337 e. The van der Waals surface area contributed by atoms with Gasteiger partial charge in [0.15, 0.2) is 9.84 Å². The van der Waals surface area contributed by atoms with E-state index in [9.17, 15) is 13.2 Å². The molecule has 2 heterocycles. The third kappa shape index (κ3) is 3.50. The molecule has 5 heteroatoms. The number of carbonyl (C=O) groups is 1.